The van der Waals surface area contributed by atoms with Crippen molar-refractivity contribution in [3.05, 3.63) is 86.3 Å². The number of nitrogens with zero attached hydrogens (tertiary/aromatic N) is 2. The number of aliphatic hydroxyl groups is 1. The second-order valence-corrected chi connectivity index (χ2v) is 12.6. The standard InChI is InChI=1S/C36H48N4O3/c1-5-40(30-10-7-6-8-11-30)34-20-29(28-15-13-27(14-16-28)22-39-17-9-12-31(41)23-39)19-32(26(34)4)35(42)37-21-33-24(2)18-25(3)38-36(33)43/h13-16,18-20,30-31,41H,5-12,17,21-23H2,1-4H3,(H,37,42)(H,38,43). The molecule has 43 heavy (non-hydrogen) atoms. The number of H-pyrrole nitrogens is 1. The first kappa shape index (κ1) is 31.0. The molecule has 2 heterocycles. The second-order valence-electron chi connectivity index (χ2n) is 12.6. The Labute approximate surface area is 256 Å². The molecule has 230 valence electrons. The van der Waals surface area contributed by atoms with Crippen LogP contribution in [0.15, 0.2) is 47.3 Å². The van der Waals surface area contributed by atoms with Gasteiger partial charge in [-0.2, -0.15) is 0 Å². The summed E-state index contributed by atoms with van der Waals surface area (Å²) in [5.41, 5.74) is 8.17. The van der Waals surface area contributed by atoms with Gasteiger partial charge in [0.1, 0.15) is 0 Å². The first-order valence-corrected chi connectivity index (χ1v) is 16.1. The van der Waals surface area contributed by atoms with Crippen LogP contribution in [-0.4, -0.2) is 52.7 Å². The highest BCUT2D eigenvalue weighted by atomic mass is 16.3. The van der Waals surface area contributed by atoms with Crippen LogP contribution in [0.1, 0.15) is 90.2 Å². The van der Waals surface area contributed by atoms with Crippen molar-refractivity contribution < 1.29 is 9.90 Å². The van der Waals surface area contributed by atoms with Crippen LogP contribution < -0.4 is 15.8 Å². The van der Waals surface area contributed by atoms with Gasteiger partial charge in [0.05, 0.1) is 6.10 Å². The first-order chi connectivity index (χ1) is 20.7. The van der Waals surface area contributed by atoms with E-state index in [1.165, 1.54) is 37.7 Å². The average Bonchev–Trinajstić information content (AvgIpc) is 2.99. The number of nitrogens with one attached hydrogen (secondary N) is 2. The summed E-state index contributed by atoms with van der Waals surface area (Å²) in [7, 11) is 0. The largest absolute Gasteiger partial charge is 0.392 e. The number of likely N-dealkylation sites (tertiary alicyclic amines) is 1. The number of aliphatic hydroxyl groups excluding tert-OH is 1. The highest BCUT2D eigenvalue weighted by Crippen LogP contribution is 2.35. The molecule has 7 heteroatoms. The summed E-state index contributed by atoms with van der Waals surface area (Å²) in [6.45, 7) is 11.7. The molecule has 0 bridgehead atoms. The summed E-state index contributed by atoms with van der Waals surface area (Å²) >= 11 is 0. The molecule has 1 aliphatic carbocycles. The topological polar surface area (TPSA) is 88.7 Å². The molecule has 1 saturated heterocycles. The molecule has 1 saturated carbocycles. The Morgan fingerprint density at radius 2 is 1.74 bits per heavy atom. The molecule has 2 aliphatic rings. The van der Waals surface area contributed by atoms with Gasteiger partial charge in [-0.25, -0.2) is 0 Å². The highest BCUT2D eigenvalue weighted by Gasteiger charge is 2.25. The summed E-state index contributed by atoms with van der Waals surface area (Å²) in [6.07, 6.45) is 7.81. The molecule has 7 nitrogen and oxygen atoms in total. The van der Waals surface area contributed by atoms with Crippen LogP contribution in [0.25, 0.3) is 11.1 Å². The number of anilines is 1. The van der Waals surface area contributed by atoms with Crippen molar-refractivity contribution in [1.29, 1.82) is 0 Å². The third kappa shape index (κ3) is 7.39. The second kappa shape index (κ2) is 13.9. The molecule has 3 N–H and O–H groups in total. The zero-order chi connectivity index (χ0) is 30.5. The molecule has 0 radical (unpaired) electrons. The van der Waals surface area contributed by atoms with E-state index in [1.807, 2.05) is 26.0 Å². The SMILES string of the molecule is CCN(c1cc(-c2ccc(CN3CCCC(O)C3)cc2)cc(C(=O)NCc2c(C)cc(C)[nH]c2=O)c1C)C1CCCCC1. The Bertz CT molecular complexity index is 1470. The number of rotatable bonds is 9. The minimum atomic E-state index is -0.234. The summed E-state index contributed by atoms with van der Waals surface area (Å²) in [4.78, 5) is 34.1. The number of aromatic amines is 1. The maximum Gasteiger partial charge on any atom is 0.253 e. The van der Waals surface area contributed by atoms with Gasteiger partial charge in [0, 0.05) is 54.7 Å². The van der Waals surface area contributed by atoms with Gasteiger partial charge < -0.3 is 20.3 Å². The van der Waals surface area contributed by atoms with E-state index in [9.17, 15) is 14.7 Å². The van der Waals surface area contributed by atoms with Gasteiger partial charge >= 0.3 is 0 Å². The number of carbonyl (C=O) groups excluding carboxylic acids is 1. The molecule has 2 fully saturated rings. The molecule has 1 aliphatic heterocycles. The zero-order valence-corrected chi connectivity index (χ0v) is 26.3. The van der Waals surface area contributed by atoms with E-state index in [1.54, 1.807) is 0 Å². The van der Waals surface area contributed by atoms with Crippen molar-refractivity contribution in [2.45, 2.75) is 97.9 Å². The average molecular weight is 585 g/mol. The van der Waals surface area contributed by atoms with Crippen molar-refractivity contribution in [1.82, 2.24) is 15.2 Å². The fourth-order valence-corrected chi connectivity index (χ4v) is 7.02. The molecule has 1 atom stereocenters. The van der Waals surface area contributed by atoms with E-state index in [0.717, 1.165) is 72.7 Å². The number of aromatic nitrogens is 1. The van der Waals surface area contributed by atoms with Crippen molar-refractivity contribution in [2.75, 3.05) is 24.5 Å². The number of pyridine rings is 1. The van der Waals surface area contributed by atoms with Crippen LogP contribution in [0, 0.1) is 20.8 Å². The van der Waals surface area contributed by atoms with Crippen LogP contribution in [0.2, 0.25) is 0 Å². The van der Waals surface area contributed by atoms with Crippen LogP contribution in [0.5, 0.6) is 0 Å². The van der Waals surface area contributed by atoms with E-state index in [-0.39, 0.29) is 24.1 Å². The predicted molar refractivity (Wildman–Crippen MR) is 175 cm³/mol. The summed E-state index contributed by atoms with van der Waals surface area (Å²) in [5, 5.41) is 13.1. The minimum Gasteiger partial charge on any atom is -0.392 e. The van der Waals surface area contributed by atoms with E-state index in [4.69, 9.17) is 0 Å². The fourth-order valence-electron chi connectivity index (χ4n) is 7.02. The van der Waals surface area contributed by atoms with E-state index < -0.39 is 0 Å². The molecule has 3 aromatic rings. The maximum absolute atomic E-state index is 13.8. The number of β-amino-alcohol motifs (C(OH)–C–C–N with tert-alkyl or cyclic N) is 1. The molecule has 2 aromatic carbocycles. The normalized spacial score (nSPS) is 18.0. The molecule has 0 spiro atoms. The Balaban J connectivity index is 1.46. The number of piperidine rings is 1. The predicted octanol–water partition coefficient (Wildman–Crippen LogP) is 6.01. The van der Waals surface area contributed by atoms with Crippen molar-refractivity contribution in [3.63, 3.8) is 0 Å². The van der Waals surface area contributed by atoms with Crippen LogP contribution >= 0.6 is 0 Å². The van der Waals surface area contributed by atoms with Crippen molar-refractivity contribution in [2.24, 2.45) is 0 Å². The molecule has 1 aromatic heterocycles. The highest BCUT2D eigenvalue weighted by molar-refractivity contribution is 5.99. The van der Waals surface area contributed by atoms with E-state index >= 15 is 0 Å². The molecular weight excluding hydrogens is 536 g/mol. The summed E-state index contributed by atoms with van der Waals surface area (Å²) < 4.78 is 0. The molecular formula is C36H48N4O3. The minimum absolute atomic E-state index is 0.155. The molecule has 1 amide bonds. The number of hydrogen-bond donors (Lipinski definition) is 3. The zero-order valence-electron chi connectivity index (χ0n) is 26.3. The lowest BCUT2D eigenvalue weighted by atomic mass is 9.91. The number of aryl methyl sites for hydroxylation is 2. The van der Waals surface area contributed by atoms with E-state index in [0.29, 0.717) is 17.2 Å². The Morgan fingerprint density at radius 1 is 1.00 bits per heavy atom. The summed E-state index contributed by atoms with van der Waals surface area (Å²) in [5.74, 6) is -0.167. The number of amides is 1. The van der Waals surface area contributed by atoms with Gasteiger partial charge in [-0.05, 0) is 106 Å². The quantitative estimate of drug-likeness (QED) is 0.287. The fraction of sp³-hybridized carbons (Fsp3) is 0.500. The van der Waals surface area contributed by atoms with Gasteiger partial charge in [0.25, 0.3) is 11.5 Å². The molecule has 1 unspecified atom stereocenters. The van der Waals surface area contributed by atoms with Gasteiger partial charge in [-0.15, -0.1) is 0 Å². The summed E-state index contributed by atoms with van der Waals surface area (Å²) in [6, 6.07) is 15.3. The monoisotopic (exact) mass is 584 g/mol. The lowest BCUT2D eigenvalue weighted by Crippen LogP contribution is -2.37. The van der Waals surface area contributed by atoms with Crippen LogP contribution in [0.3, 0.4) is 0 Å². The van der Waals surface area contributed by atoms with Gasteiger partial charge in [0.2, 0.25) is 0 Å². The van der Waals surface area contributed by atoms with Crippen molar-refractivity contribution in [3.8, 4) is 11.1 Å². The number of carbonyl (C=O) groups is 1. The van der Waals surface area contributed by atoms with Crippen LogP contribution in [0.4, 0.5) is 5.69 Å². The lowest BCUT2D eigenvalue weighted by molar-refractivity contribution is 0.0668. The maximum atomic E-state index is 13.8. The van der Waals surface area contributed by atoms with Gasteiger partial charge in [-0.1, -0.05) is 43.5 Å². The Hall–Kier alpha value is -3.42. The lowest BCUT2D eigenvalue weighted by Gasteiger charge is -2.37. The smallest absolute Gasteiger partial charge is 0.253 e. The third-order valence-corrected chi connectivity index (χ3v) is 9.38. The number of hydrogen-bond acceptors (Lipinski definition) is 5. The first-order valence-electron chi connectivity index (χ1n) is 16.1. The van der Waals surface area contributed by atoms with Gasteiger partial charge in [0.15, 0.2) is 0 Å². The van der Waals surface area contributed by atoms with E-state index in [2.05, 4.69) is 64.3 Å². The Kier molecular flexibility index (Phi) is 10.0. The van der Waals surface area contributed by atoms with Gasteiger partial charge in [-0.3, -0.25) is 14.5 Å². The number of benzene rings is 2. The van der Waals surface area contributed by atoms with Crippen molar-refractivity contribution >= 4 is 11.6 Å². The molecule has 5 rings (SSSR count). The Morgan fingerprint density at radius 3 is 2.42 bits per heavy atom. The van der Waals surface area contributed by atoms with Crippen LogP contribution in [-0.2, 0) is 13.1 Å². The third-order valence-electron chi connectivity index (χ3n) is 9.38.